The van der Waals surface area contributed by atoms with Crippen molar-refractivity contribution in [1.29, 1.82) is 0 Å². The first-order valence-electron chi connectivity index (χ1n) is 22.9. The maximum Gasteiger partial charge on any atom is 0.317 e. The van der Waals surface area contributed by atoms with Crippen LogP contribution in [-0.4, -0.2) is 94.1 Å². The van der Waals surface area contributed by atoms with Gasteiger partial charge in [0.1, 0.15) is 12.0 Å². The monoisotopic (exact) mass is 838 g/mol. The molecule has 0 aromatic heterocycles. The molecule has 0 bridgehead atoms. The highest BCUT2D eigenvalue weighted by Gasteiger charge is 2.50. The lowest BCUT2D eigenvalue weighted by Gasteiger charge is -2.47. The Morgan fingerprint density at radius 1 is 0.610 bits per heavy atom. The van der Waals surface area contributed by atoms with Gasteiger partial charge in [0.2, 0.25) is 12.1 Å². The van der Waals surface area contributed by atoms with Gasteiger partial charge in [-0.15, -0.1) is 0 Å². The first-order chi connectivity index (χ1) is 28.3. The number of carboxylic acid groups (broad SMARTS) is 1. The molecule has 6 saturated carbocycles. The zero-order chi connectivity index (χ0) is 42.1. The van der Waals surface area contributed by atoms with Crippen LogP contribution < -0.4 is 0 Å². The van der Waals surface area contributed by atoms with Crippen LogP contribution >= 0.6 is 0 Å². The molecule has 6 aliphatic carbocycles. The fourth-order valence-electron chi connectivity index (χ4n) is 11.9. The molecule has 0 amide bonds. The quantitative estimate of drug-likeness (QED) is 0.0615. The van der Waals surface area contributed by atoms with E-state index >= 15 is 0 Å². The summed E-state index contributed by atoms with van der Waals surface area (Å²) in [4.78, 5) is 63.1. The van der Waals surface area contributed by atoms with Gasteiger partial charge in [0, 0.05) is 22.7 Å². The molecule has 0 saturated heterocycles. The predicted molar refractivity (Wildman–Crippen MR) is 212 cm³/mol. The third-order valence-corrected chi connectivity index (χ3v) is 15.7. The summed E-state index contributed by atoms with van der Waals surface area (Å²) < 4.78 is 19.0. The molecule has 6 fully saturated rings. The Labute approximate surface area is 348 Å². The SMILES string of the molecule is CC(C)(C1CCC(OC2CCC(OOCC3C(COO)CCCC3[N+](=O)[O-])CC2)CC1)C1CCC(OC2CCC(OC(=O)C3C(C(=O)O)CCCC3[N+](=O)[O-])CC2)CC1. The topological polar surface area (TPSA) is 216 Å². The van der Waals surface area contributed by atoms with Gasteiger partial charge in [-0.05, 0) is 152 Å². The summed E-state index contributed by atoms with van der Waals surface area (Å²) >= 11 is 0. The Balaban J connectivity index is 0.842. The van der Waals surface area contributed by atoms with Gasteiger partial charge in [0.05, 0.1) is 55.6 Å². The van der Waals surface area contributed by atoms with Crippen LogP contribution in [0.1, 0.15) is 155 Å². The van der Waals surface area contributed by atoms with Gasteiger partial charge in [-0.3, -0.25) is 35.1 Å². The van der Waals surface area contributed by atoms with Crippen molar-refractivity contribution in [2.24, 2.45) is 40.9 Å². The van der Waals surface area contributed by atoms with E-state index in [0.29, 0.717) is 37.5 Å². The predicted octanol–water partition coefficient (Wildman–Crippen LogP) is 7.97. The number of carbonyl (C=O) groups is 2. The average Bonchev–Trinajstić information content (AvgIpc) is 3.22. The zero-order valence-corrected chi connectivity index (χ0v) is 35.2. The normalized spacial score (nSPS) is 38.6. The maximum atomic E-state index is 13.1. The van der Waals surface area contributed by atoms with Crippen LogP contribution in [0, 0.1) is 61.2 Å². The molecule has 59 heavy (non-hydrogen) atoms. The summed E-state index contributed by atoms with van der Waals surface area (Å²) in [5.41, 5.74) is 0.238. The summed E-state index contributed by atoms with van der Waals surface area (Å²) in [5.74, 6) is -3.43. The van der Waals surface area contributed by atoms with Crippen LogP contribution in [0.4, 0.5) is 0 Å². The van der Waals surface area contributed by atoms with E-state index in [2.05, 4.69) is 18.7 Å². The molecule has 0 aliphatic heterocycles. The highest BCUT2D eigenvalue weighted by atomic mass is 17.2. The van der Waals surface area contributed by atoms with Crippen molar-refractivity contribution in [3.63, 3.8) is 0 Å². The molecule has 2 N–H and O–H groups in total. The van der Waals surface area contributed by atoms with Crippen molar-refractivity contribution in [1.82, 2.24) is 0 Å². The van der Waals surface area contributed by atoms with Crippen molar-refractivity contribution in [3.8, 4) is 0 Å². The minimum Gasteiger partial charge on any atom is -0.481 e. The van der Waals surface area contributed by atoms with E-state index in [-0.39, 0.29) is 84.9 Å². The van der Waals surface area contributed by atoms with E-state index in [9.17, 15) is 34.9 Å². The molecular weight excluding hydrogens is 768 g/mol. The minimum absolute atomic E-state index is 0.0549. The summed E-state index contributed by atoms with van der Waals surface area (Å²) in [6.07, 6.45) is 18.3. The molecule has 0 spiro atoms. The Morgan fingerprint density at radius 2 is 1.07 bits per heavy atom. The summed E-state index contributed by atoms with van der Waals surface area (Å²) in [6.45, 7) is 5.10. The molecule has 16 nitrogen and oxygen atoms in total. The second-order valence-electron chi connectivity index (χ2n) is 19.4. The largest absolute Gasteiger partial charge is 0.481 e. The molecule has 6 rings (SSSR count). The molecule has 0 aromatic carbocycles. The molecule has 16 heteroatoms. The first kappa shape index (κ1) is 46.0. The number of hydrogen-bond acceptors (Lipinski definition) is 13. The zero-order valence-electron chi connectivity index (χ0n) is 35.2. The maximum absolute atomic E-state index is 13.1. The van der Waals surface area contributed by atoms with E-state index in [4.69, 9.17) is 29.2 Å². The number of nitrogens with zero attached hydrogens (tertiary/aromatic N) is 2. The molecule has 0 heterocycles. The molecule has 0 radical (unpaired) electrons. The molecule has 6 unspecified atom stereocenters. The third-order valence-electron chi connectivity index (χ3n) is 15.7. The highest BCUT2D eigenvalue weighted by Crippen LogP contribution is 2.49. The second kappa shape index (κ2) is 21.5. The number of nitro groups is 2. The van der Waals surface area contributed by atoms with E-state index in [1.54, 1.807) is 0 Å². The van der Waals surface area contributed by atoms with Crippen molar-refractivity contribution in [2.45, 2.75) is 204 Å². The van der Waals surface area contributed by atoms with Gasteiger partial charge in [-0.2, -0.15) is 0 Å². The van der Waals surface area contributed by atoms with Crippen LogP contribution in [0.2, 0.25) is 0 Å². The fourth-order valence-corrected chi connectivity index (χ4v) is 11.9. The number of rotatable bonds is 17. The lowest BCUT2D eigenvalue weighted by molar-refractivity contribution is -0.542. The third kappa shape index (κ3) is 12.1. The number of carbonyl (C=O) groups excluding carboxylic acids is 1. The number of ether oxygens (including phenoxy) is 3. The fraction of sp³-hybridized carbons (Fsp3) is 0.953. The number of esters is 1. The molecule has 6 atom stereocenters. The Hall–Kier alpha value is -2.50. The van der Waals surface area contributed by atoms with Crippen molar-refractivity contribution in [2.75, 3.05) is 13.2 Å². The van der Waals surface area contributed by atoms with Crippen LogP contribution in [0.3, 0.4) is 0 Å². The van der Waals surface area contributed by atoms with Crippen molar-refractivity contribution >= 4 is 11.9 Å². The van der Waals surface area contributed by atoms with E-state index < -0.39 is 40.8 Å². The second-order valence-corrected chi connectivity index (χ2v) is 19.4. The summed E-state index contributed by atoms with van der Waals surface area (Å²) in [5, 5.41) is 41.9. The van der Waals surface area contributed by atoms with Crippen LogP contribution in [0.15, 0.2) is 0 Å². The van der Waals surface area contributed by atoms with Gasteiger partial charge in [-0.25, -0.2) is 14.7 Å². The summed E-state index contributed by atoms with van der Waals surface area (Å²) in [6, 6.07) is -1.94. The molecule has 0 aromatic rings. The Bertz CT molecular complexity index is 1340. The van der Waals surface area contributed by atoms with Crippen molar-refractivity contribution < 1.29 is 58.7 Å². The Morgan fingerprint density at radius 3 is 1.56 bits per heavy atom. The average molecular weight is 839 g/mol. The van der Waals surface area contributed by atoms with E-state index in [1.165, 1.54) is 12.8 Å². The number of carboxylic acids is 1. The smallest absolute Gasteiger partial charge is 0.317 e. The van der Waals surface area contributed by atoms with Gasteiger partial charge in [-0.1, -0.05) is 13.8 Å². The number of aliphatic carboxylic acids is 1. The van der Waals surface area contributed by atoms with Crippen molar-refractivity contribution in [3.05, 3.63) is 20.2 Å². The van der Waals surface area contributed by atoms with Crippen LogP contribution in [0.5, 0.6) is 0 Å². The lowest BCUT2D eigenvalue weighted by Crippen LogP contribution is -2.47. The first-order valence-corrected chi connectivity index (χ1v) is 22.9. The highest BCUT2D eigenvalue weighted by molar-refractivity contribution is 5.82. The van der Waals surface area contributed by atoms with E-state index in [0.717, 1.165) is 89.9 Å². The Kier molecular flexibility index (Phi) is 16.8. The van der Waals surface area contributed by atoms with Crippen LogP contribution in [-0.2, 0) is 38.5 Å². The van der Waals surface area contributed by atoms with Gasteiger partial charge in [0.15, 0.2) is 0 Å². The van der Waals surface area contributed by atoms with Gasteiger partial charge < -0.3 is 19.3 Å². The molecule has 6 aliphatic rings. The summed E-state index contributed by atoms with van der Waals surface area (Å²) in [7, 11) is 0. The minimum atomic E-state index is -1.24. The molecule has 336 valence electrons. The standard InChI is InChI=1S/C43H70N2O14/c1-43(2,28-9-13-30(14-10-28)56-32-17-19-34(20-18-32)58-42(48)40-36(41(46)47)6-4-8-39(40)45(51)52)29-11-15-31(16-12-29)57-33-21-23-35(24-22-33)59-55-26-37-27(25-54-53)5-3-7-38(37)44(49)50/h27-40,53H,3-26H2,1-2H3,(H,46,47). The van der Waals surface area contributed by atoms with Gasteiger partial charge in [0.25, 0.3) is 0 Å². The van der Waals surface area contributed by atoms with Gasteiger partial charge >= 0.3 is 11.9 Å². The molecular formula is C43H70N2O14. The number of hydrogen-bond donors (Lipinski definition) is 2. The lowest BCUT2D eigenvalue weighted by atomic mass is 9.60. The van der Waals surface area contributed by atoms with Crippen LogP contribution in [0.25, 0.3) is 0 Å². The van der Waals surface area contributed by atoms with E-state index in [1.807, 2.05) is 0 Å².